The molecule has 0 radical (unpaired) electrons. The van der Waals surface area contributed by atoms with Crippen molar-refractivity contribution < 1.29 is 14.3 Å². The van der Waals surface area contributed by atoms with Gasteiger partial charge in [-0.2, -0.15) is 0 Å². The highest BCUT2D eigenvalue weighted by molar-refractivity contribution is 5.94. The summed E-state index contributed by atoms with van der Waals surface area (Å²) >= 11 is 0. The average Bonchev–Trinajstić information content (AvgIpc) is 2.59. The largest absolute Gasteiger partial charge is 0.445 e. The Balaban J connectivity index is 1.84. The second kappa shape index (κ2) is 8.54. The quantitative estimate of drug-likeness (QED) is 0.693. The first-order chi connectivity index (χ1) is 11.6. The Hall–Kier alpha value is -3.06. The fourth-order valence-electron chi connectivity index (χ4n) is 2.01. The van der Waals surface area contributed by atoms with Crippen molar-refractivity contribution in [1.29, 1.82) is 0 Å². The molecule has 0 saturated carbocycles. The highest BCUT2D eigenvalue weighted by atomic mass is 16.5. The number of nitrogens with one attached hydrogen (secondary N) is 1. The first-order valence-electron chi connectivity index (χ1n) is 7.61. The first-order valence-corrected chi connectivity index (χ1v) is 7.61. The molecule has 1 amide bonds. The molecular formula is C20H19NO3. The van der Waals surface area contributed by atoms with Crippen molar-refractivity contribution in [2.45, 2.75) is 20.5 Å². The average molecular weight is 321 g/mol. The van der Waals surface area contributed by atoms with E-state index in [0.29, 0.717) is 5.56 Å². The number of carbonyl (C=O) groups is 2. The van der Waals surface area contributed by atoms with E-state index in [2.05, 4.69) is 17.2 Å². The van der Waals surface area contributed by atoms with Crippen LogP contribution in [0.3, 0.4) is 0 Å². The molecule has 0 spiro atoms. The Kier molecular flexibility index (Phi) is 6.16. The number of amides is 1. The third kappa shape index (κ3) is 5.29. The van der Waals surface area contributed by atoms with E-state index in [1.807, 2.05) is 43.3 Å². The van der Waals surface area contributed by atoms with Gasteiger partial charge in [0.05, 0.1) is 6.54 Å². The van der Waals surface area contributed by atoms with Gasteiger partial charge in [0, 0.05) is 11.1 Å². The van der Waals surface area contributed by atoms with Crippen molar-refractivity contribution in [3.05, 3.63) is 70.8 Å². The molecule has 24 heavy (non-hydrogen) atoms. The molecule has 1 N–H and O–H groups in total. The lowest BCUT2D eigenvalue weighted by Crippen LogP contribution is -2.24. The second-order valence-corrected chi connectivity index (χ2v) is 5.30. The number of aryl methyl sites for hydroxylation is 1. The van der Waals surface area contributed by atoms with Crippen LogP contribution in [0.25, 0.3) is 0 Å². The Bertz CT molecular complexity index is 786. The monoisotopic (exact) mass is 321 g/mol. The molecule has 2 aromatic rings. The molecule has 4 nitrogen and oxygen atoms in total. The SMILES string of the molecule is CC(=O)c1ccc(C)c(C#CCNC(=O)OCc2ccccc2)c1. The number of Topliss-reactive ketones (excluding diaryl/α,β-unsaturated/α-hetero) is 1. The molecule has 0 saturated heterocycles. The molecule has 0 unspecified atom stereocenters. The summed E-state index contributed by atoms with van der Waals surface area (Å²) < 4.78 is 5.09. The minimum Gasteiger partial charge on any atom is -0.445 e. The summed E-state index contributed by atoms with van der Waals surface area (Å²) in [7, 11) is 0. The standard InChI is InChI=1S/C20H19NO3/c1-15-10-11-19(16(2)22)13-18(15)9-6-12-21-20(23)24-14-17-7-4-3-5-8-17/h3-5,7-8,10-11,13H,12,14H2,1-2H3,(H,21,23). The third-order valence-electron chi connectivity index (χ3n) is 3.40. The van der Waals surface area contributed by atoms with E-state index in [0.717, 1.165) is 16.7 Å². The number of benzene rings is 2. The van der Waals surface area contributed by atoms with E-state index in [1.165, 1.54) is 6.92 Å². The Morgan fingerprint density at radius 3 is 2.58 bits per heavy atom. The lowest BCUT2D eigenvalue weighted by atomic mass is 10.0. The van der Waals surface area contributed by atoms with Crippen molar-refractivity contribution >= 4 is 11.9 Å². The van der Waals surface area contributed by atoms with Crippen molar-refractivity contribution in [2.75, 3.05) is 6.54 Å². The molecule has 0 aliphatic carbocycles. The van der Waals surface area contributed by atoms with Crippen LogP contribution in [0.2, 0.25) is 0 Å². The van der Waals surface area contributed by atoms with Gasteiger partial charge in [-0.05, 0) is 31.0 Å². The molecule has 0 heterocycles. The Morgan fingerprint density at radius 2 is 1.88 bits per heavy atom. The second-order valence-electron chi connectivity index (χ2n) is 5.30. The van der Waals surface area contributed by atoms with Crippen molar-refractivity contribution in [3.63, 3.8) is 0 Å². The lowest BCUT2D eigenvalue weighted by Gasteiger charge is -2.04. The summed E-state index contributed by atoms with van der Waals surface area (Å²) in [4.78, 5) is 23.0. The topological polar surface area (TPSA) is 55.4 Å². The van der Waals surface area contributed by atoms with Crippen LogP contribution in [-0.4, -0.2) is 18.4 Å². The maximum absolute atomic E-state index is 11.6. The summed E-state index contributed by atoms with van der Waals surface area (Å²) in [5, 5.41) is 2.58. The summed E-state index contributed by atoms with van der Waals surface area (Å²) in [5.41, 5.74) is 3.32. The van der Waals surface area contributed by atoms with Crippen LogP contribution in [0.4, 0.5) is 4.79 Å². The number of alkyl carbamates (subject to hydrolysis) is 1. The molecule has 0 bridgehead atoms. The molecule has 2 rings (SSSR count). The number of rotatable bonds is 4. The lowest BCUT2D eigenvalue weighted by molar-refractivity contribution is 0.101. The van der Waals surface area contributed by atoms with E-state index in [9.17, 15) is 9.59 Å². The molecule has 122 valence electrons. The molecule has 0 aliphatic heterocycles. The minimum absolute atomic E-state index is 0.000616. The summed E-state index contributed by atoms with van der Waals surface area (Å²) in [6.45, 7) is 3.85. The van der Waals surface area contributed by atoms with Crippen LogP contribution < -0.4 is 5.32 Å². The fraction of sp³-hybridized carbons (Fsp3) is 0.200. The van der Waals surface area contributed by atoms with Gasteiger partial charge in [-0.3, -0.25) is 4.79 Å². The van der Waals surface area contributed by atoms with Gasteiger partial charge in [-0.25, -0.2) is 4.79 Å². The summed E-state index contributed by atoms with van der Waals surface area (Å²) in [5.74, 6) is 5.83. The van der Waals surface area contributed by atoms with Gasteiger partial charge >= 0.3 is 6.09 Å². The van der Waals surface area contributed by atoms with Gasteiger partial charge in [0.15, 0.2) is 5.78 Å². The molecular weight excluding hydrogens is 302 g/mol. The Morgan fingerprint density at radius 1 is 1.12 bits per heavy atom. The minimum atomic E-state index is -0.512. The van der Waals surface area contributed by atoms with Gasteiger partial charge in [-0.1, -0.05) is 54.3 Å². The number of carbonyl (C=O) groups excluding carboxylic acids is 2. The predicted octanol–water partition coefficient (Wildman–Crippen LogP) is 3.48. The normalized spacial score (nSPS) is 9.58. The van der Waals surface area contributed by atoms with Gasteiger partial charge in [-0.15, -0.1) is 0 Å². The van der Waals surface area contributed by atoms with Gasteiger partial charge in [0.25, 0.3) is 0 Å². The predicted molar refractivity (Wildman–Crippen MR) is 92.7 cm³/mol. The molecule has 0 fully saturated rings. The number of hydrogen-bond acceptors (Lipinski definition) is 3. The van der Waals surface area contributed by atoms with E-state index >= 15 is 0 Å². The number of ketones is 1. The number of hydrogen-bond donors (Lipinski definition) is 1. The van der Waals surface area contributed by atoms with Crippen LogP contribution in [0.15, 0.2) is 48.5 Å². The van der Waals surface area contributed by atoms with Crippen molar-refractivity contribution in [3.8, 4) is 11.8 Å². The zero-order valence-electron chi connectivity index (χ0n) is 13.8. The van der Waals surface area contributed by atoms with E-state index in [4.69, 9.17) is 4.74 Å². The van der Waals surface area contributed by atoms with Crippen molar-refractivity contribution in [1.82, 2.24) is 5.32 Å². The van der Waals surface area contributed by atoms with Crippen LogP contribution in [0.5, 0.6) is 0 Å². The highest BCUT2D eigenvalue weighted by Gasteiger charge is 2.02. The maximum Gasteiger partial charge on any atom is 0.408 e. The van der Waals surface area contributed by atoms with Crippen LogP contribution in [0.1, 0.15) is 34.0 Å². The molecule has 0 aromatic heterocycles. The van der Waals surface area contributed by atoms with Gasteiger partial charge in [0.1, 0.15) is 6.61 Å². The van der Waals surface area contributed by atoms with E-state index in [-0.39, 0.29) is 18.9 Å². The smallest absolute Gasteiger partial charge is 0.408 e. The highest BCUT2D eigenvalue weighted by Crippen LogP contribution is 2.10. The van der Waals surface area contributed by atoms with Crippen LogP contribution in [0, 0.1) is 18.8 Å². The zero-order valence-corrected chi connectivity index (χ0v) is 13.8. The fourth-order valence-corrected chi connectivity index (χ4v) is 2.01. The maximum atomic E-state index is 11.6. The molecule has 4 heteroatoms. The van der Waals surface area contributed by atoms with E-state index in [1.54, 1.807) is 12.1 Å². The van der Waals surface area contributed by atoms with Gasteiger partial charge < -0.3 is 10.1 Å². The summed E-state index contributed by atoms with van der Waals surface area (Å²) in [6, 6.07) is 14.9. The first kappa shape index (κ1) is 17.3. The number of ether oxygens (including phenoxy) is 1. The molecule has 0 aliphatic rings. The van der Waals surface area contributed by atoms with E-state index < -0.39 is 6.09 Å². The van der Waals surface area contributed by atoms with Crippen LogP contribution >= 0.6 is 0 Å². The summed E-state index contributed by atoms with van der Waals surface area (Å²) in [6.07, 6.45) is -0.512. The van der Waals surface area contributed by atoms with Gasteiger partial charge in [0.2, 0.25) is 0 Å². The molecule has 0 atom stereocenters. The third-order valence-corrected chi connectivity index (χ3v) is 3.40. The zero-order chi connectivity index (χ0) is 17.4. The molecule has 2 aromatic carbocycles. The van der Waals surface area contributed by atoms with Crippen molar-refractivity contribution in [2.24, 2.45) is 0 Å². The van der Waals surface area contributed by atoms with Crippen LogP contribution in [-0.2, 0) is 11.3 Å². The Labute approximate surface area is 141 Å².